The minimum Gasteiger partial charge on any atom is -0.475 e. The lowest BCUT2D eigenvalue weighted by Gasteiger charge is -2.28. The third-order valence-electron chi connectivity index (χ3n) is 7.95. The normalized spacial score (nSPS) is 16.7. The van der Waals surface area contributed by atoms with Crippen molar-refractivity contribution in [1.82, 2.24) is 19.3 Å². The maximum atomic E-state index is 13.0. The van der Waals surface area contributed by atoms with Crippen molar-refractivity contribution in [2.45, 2.75) is 50.9 Å². The molecular weight excluding hydrogens is 546 g/mol. The van der Waals surface area contributed by atoms with Gasteiger partial charge in [0.1, 0.15) is 23.8 Å². The van der Waals surface area contributed by atoms with Gasteiger partial charge in [-0.15, -0.1) is 6.58 Å². The van der Waals surface area contributed by atoms with Crippen molar-refractivity contribution in [1.29, 1.82) is 0 Å². The van der Waals surface area contributed by atoms with Gasteiger partial charge in [0.25, 0.3) is 5.56 Å². The average molecular weight is 584 g/mol. The highest BCUT2D eigenvalue weighted by atomic mass is 16.5. The smallest absolute Gasteiger partial charge is 0.276 e. The number of fused-ring (bicyclic) bond motifs is 1. The highest BCUT2D eigenvalue weighted by Gasteiger charge is 2.39. The van der Waals surface area contributed by atoms with Crippen LogP contribution in [0.1, 0.15) is 49.9 Å². The van der Waals surface area contributed by atoms with Gasteiger partial charge in [0.15, 0.2) is 5.65 Å². The third-order valence-corrected chi connectivity index (χ3v) is 7.95. The van der Waals surface area contributed by atoms with Crippen LogP contribution in [-0.4, -0.2) is 62.3 Å². The fraction of sp³-hybridized carbons (Fsp3) is 0.375. The molecule has 2 aliphatic rings. The summed E-state index contributed by atoms with van der Waals surface area (Å²) in [6.45, 7) is 9.92. The van der Waals surface area contributed by atoms with Crippen molar-refractivity contribution in [2.24, 2.45) is 4.99 Å². The Labute approximate surface area is 249 Å². The van der Waals surface area contributed by atoms with Crippen molar-refractivity contribution in [3.63, 3.8) is 0 Å². The Morgan fingerprint density at radius 2 is 1.93 bits per heavy atom. The molecule has 3 N–H and O–H groups in total. The summed E-state index contributed by atoms with van der Waals surface area (Å²) in [4.78, 5) is 27.5. The Morgan fingerprint density at radius 1 is 1.14 bits per heavy atom. The molecule has 11 nitrogen and oxygen atoms in total. The van der Waals surface area contributed by atoms with Crippen LogP contribution >= 0.6 is 0 Å². The van der Waals surface area contributed by atoms with Crippen molar-refractivity contribution in [3.8, 4) is 0 Å². The highest BCUT2D eigenvalue weighted by molar-refractivity contribution is 6.01. The summed E-state index contributed by atoms with van der Waals surface area (Å²) >= 11 is 0. The first-order valence-corrected chi connectivity index (χ1v) is 14.6. The van der Waals surface area contributed by atoms with E-state index in [4.69, 9.17) is 19.5 Å². The molecule has 1 fully saturated rings. The van der Waals surface area contributed by atoms with Gasteiger partial charge in [-0.3, -0.25) is 9.48 Å². The zero-order chi connectivity index (χ0) is 30.0. The van der Waals surface area contributed by atoms with E-state index < -0.39 is 0 Å². The molecule has 224 valence electrons. The Bertz CT molecular complexity index is 1700. The predicted octanol–water partition coefficient (Wildman–Crippen LogP) is 4.58. The number of hydrogen-bond acceptors (Lipinski definition) is 9. The highest BCUT2D eigenvalue weighted by Crippen LogP contribution is 2.34. The molecule has 0 aliphatic carbocycles. The van der Waals surface area contributed by atoms with Crippen LogP contribution in [-0.2, 0) is 16.0 Å². The van der Waals surface area contributed by atoms with E-state index in [0.717, 1.165) is 18.4 Å². The first-order chi connectivity index (χ1) is 20.9. The second kappa shape index (κ2) is 12.0. The standard InChI is InChI=1S/C32H37N7O4/c1-4-14-38-31(41)23-10-11-27(36-29(23)39(38)21(2)3)35-28-17-25(34-26(19-40)22-8-6-5-7-9-22)24(18-33-28)30-37-32(20-43-30)12-15-42-16-13-32/h4-11,17-18,21,26,40H,1,12-16,19-20H2,2-3H3,(H2,33,34,35,36)/t26-/m1/s1. The number of aliphatic hydroxyl groups is 1. The van der Waals surface area contributed by atoms with Crippen molar-refractivity contribution in [2.75, 3.05) is 37.1 Å². The Balaban J connectivity index is 1.37. The van der Waals surface area contributed by atoms with E-state index >= 15 is 0 Å². The molecule has 6 rings (SSSR count). The van der Waals surface area contributed by atoms with Crippen molar-refractivity contribution in [3.05, 3.63) is 88.9 Å². The monoisotopic (exact) mass is 583 g/mol. The zero-order valence-electron chi connectivity index (χ0n) is 24.5. The Hall–Kier alpha value is -4.48. The number of nitrogens with one attached hydrogen (secondary N) is 2. The second-order valence-electron chi connectivity index (χ2n) is 11.3. The van der Waals surface area contributed by atoms with Crippen LogP contribution in [0.3, 0.4) is 0 Å². The molecule has 5 heterocycles. The van der Waals surface area contributed by atoms with Crippen LogP contribution in [0.4, 0.5) is 17.3 Å². The van der Waals surface area contributed by atoms with E-state index in [2.05, 4.69) is 22.2 Å². The number of aliphatic imine (C=N–C) groups is 1. The third kappa shape index (κ3) is 5.65. The second-order valence-corrected chi connectivity index (χ2v) is 11.3. The number of allylic oxidation sites excluding steroid dienone is 1. The summed E-state index contributed by atoms with van der Waals surface area (Å²) in [7, 11) is 0. The molecule has 11 heteroatoms. The van der Waals surface area contributed by atoms with Crippen LogP contribution in [0.15, 0.2) is 77.2 Å². The number of hydrogen-bond donors (Lipinski definition) is 3. The number of ether oxygens (including phenoxy) is 2. The van der Waals surface area contributed by atoms with E-state index in [1.165, 1.54) is 0 Å². The van der Waals surface area contributed by atoms with Crippen LogP contribution in [0.25, 0.3) is 11.0 Å². The molecule has 0 amide bonds. The molecule has 4 aromatic rings. The predicted molar refractivity (Wildman–Crippen MR) is 167 cm³/mol. The summed E-state index contributed by atoms with van der Waals surface area (Å²) in [6.07, 6.45) is 5.04. The van der Waals surface area contributed by atoms with Gasteiger partial charge < -0.3 is 25.2 Å². The van der Waals surface area contributed by atoms with Crippen molar-refractivity contribution >= 4 is 34.3 Å². The number of aromatic nitrogens is 4. The topological polar surface area (TPSA) is 128 Å². The van der Waals surface area contributed by atoms with Gasteiger partial charge in [0.2, 0.25) is 5.90 Å². The van der Waals surface area contributed by atoms with E-state index in [-0.39, 0.29) is 29.8 Å². The summed E-state index contributed by atoms with van der Waals surface area (Å²) in [6, 6.07) is 14.8. The number of nitrogens with zero attached hydrogens (tertiary/aromatic N) is 5. The lowest BCUT2D eigenvalue weighted by atomic mass is 9.92. The fourth-order valence-electron chi connectivity index (χ4n) is 5.71. The van der Waals surface area contributed by atoms with Gasteiger partial charge in [-0.25, -0.2) is 19.6 Å². The zero-order valence-corrected chi connectivity index (χ0v) is 24.5. The van der Waals surface area contributed by atoms with Crippen LogP contribution < -0.4 is 16.2 Å². The number of benzene rings is 1. The first kappa shape index (κ1) is 28.6. The van der Waals surface area contributed by atoms with Crippen LogP contribution in [0.2, 0.25) is 0 Å². The molecule has 1 aromatic carbocycles. The molecule has 3 aromatic heterocycles. The fourth-order valence-corrected chi connectivity index (χ4v) is 5.71. The van der Waals surface area contributed by atoms with Gasteiger partial charge in [-0.05, 0) is 44.4 Å². The van der Waals surface area contributed by atoms with Gasteiger partial charge in [0, 0.05) is 31.5 Å². The maximum Gasteiger partial charge on any atom is 0.276 e. The van der Waals surface area contributed by atoms with Crippen LogP contribution in [0, 0.1) is 0 Å². The molecule has 0 saturated carbocycles. The van der Waals surface area contributed by atoms with E-state index in [0.29, 0.717) is 66.2 Å². The van der Waals surface area contributed by atoms with Crippen molar-refractivity contribution < 1.29 is 14.6 Å². The average Bonchev–Trinajstić information content (AvgIpc) is 3.54. The van der Waals surface area contributed by atoms with E-state index in [1.54, 1.807) is 29.1 Å². The number of pyridine rings is 2. The molecule has 1 saturated heterocycles. The molecule has 0 radical (unpaired) electrons. The molecule has 43 heavy (non-hydrogen) atoms. The Kier molecular flexibility index (Phi) is 8.00. The molecule has 1 atom stereocenters. The summed E-state index contributed by atoms with van der Waals surface area (Å²) in [5.41, 5.74) is 2.56. The number of anilines is 3. The van der Waals surface area contributed by atoms with E-state index in [1.807, 2.05) is 54.9 Å². The number of rotatable bonds is 10. The van der Waals surface area contributed by atoms with Gasteiger partial charge in [-0.2, -0.15) is 0 Å². The van der Waals surface area contributed by atoms with Crippen LogP contribution in [0.5, 0.6) is 0 Å². The molecular formula is C32H37N7O4. The molecule has 0 bridgehead atoms. The largest absolute Gasteiger partial charge is 0.475 e. The van der Waals surface area contributed by atoms with E-state index in [9.17, 15) is 9.90 Å². The summed E-state index contributed by atoms with van der Waals surface area (Å²) < 4.78 is 15.3. The number of aliphatic hydroxyl groups excluding tert-OH is 1. The van der Waals surface area contributed by atoms with Gasteiger partial charge >= 0.3 is 0 Å². The summed E-state index contributed by atoms with van der Waals surface area (Å²) in [5, 5.41) is 17.7. The maximum absolute atomic E-state index is 13.0. The van der Waals surface area contributed by atoms with Gasteiger partial charge in [-0.1, -0.05) is 36.4 Å². The minimum atomic E-state index is -0.367. The summed E-state index contributed by atoms with van der Waals surface area (Å²) in [5.74, 6) is 1.60. The quantitative estimate of drug-likeness (QED) is 0.232. The lowest BCUT2D eigenvalue weighted by Crippen LogP contribution is -2.35. The Morgan fingerprint density at radius 3 is 2.65 bits per heavy atom. The lowest BCUT2D eigenvalue weighted by molar-refractivity contribution is 0.0442. The van der Waals surface area contributed by atoms with Gasteiger partial charge in [0.05, 0.1) is 35.8 Å². The minimum absolute atomic E-state index is 0.0146. The molecule has 0 unspecified atom stereocenters. The SMILES string of the molecule is C=CCn1c(=O)c2ccc(Nc3cc(N[C@H](CO)c4ccccc4)c(C4=NC5(CCOCC5)CO4)cn3)nc2n1C(C)C. The first-order valence-electron chi connectivity index (χ1n) is 14.6. The molecule has 2 aliphatic heterocycles. The molecule has 1 spiro atoms.